The van der Waals surface area contributed by atoms with Crippen molar-refractivity contribution in [3.8, 4) is 28.0 Å². The van der Waals surface area contributed by atoms with Crippen molar-refractivity contribution in [2.24, 2.45) is 0 Å². The zero-order chi connectivity index (χ0) is 52.3. The maximum absolute atomic E-state index is 6.32. The molecular weight excluding hydrogens is 933 g/mol. The zero-order valence-corrected chi connectivity index (χ0v) is 45.0. The third kappa shape index (κ3) is 8.02. The highest BCUT2D eigenvalue weighted by molar-refractivity contribution is 6.47. The molecule has 77 heavy (non-hydrogen) atoms. The first kappa shape index (κ1) is 48.0. The molecule has 0 spiro atoms. The first-order chi connectivity index (χ1) is 37.8. The fraction of sp³-hybridized carbons (Fsp3) is 0.162. The van der Waals surface area contributed by atoms with Crippen LogP contribution in [0.1, 0.15) is 83.8 Å². The fourth-order valence-electron chi connectivity index (χ4n) is 12.4. The molecule has 3 heteroatoms. The van der Waals surface area contributed by atoms with E-state index in [0.29, 0.717) is 11.8 Å². The second-order valence-electron chi connectivity index (χ2n) is 21.3. The lowest BCUT2D eigenvalue weighted by molar-refractivity contribution is 0.217. The lowest BCUT2D eigenvalue weighted by atomic mass is 9.87. The summed E-state index contributed by atoms with van der Waals surface area (Å²) >= 11 is 0. The van der Waals surface area contributed by atoms with Crippen molar-refractivity contribution in [3.63, 3.8) is 0 Å². The summed E-state index contributed by atoms with van der Waals surface area (Å²) in [6.07, 6.45) is 3.29. The Morgan fingerprint density at radius 1 is 0.312 bits per heavy atom. The molecule has 0 saturated heterocycles. The van der Waals surface area contributed by atoms with Crippen LogP contribution in [0.4, 0.5) is 34.1 Å². The summed E-state index contributed by atoms with van der Waals surface area (Å²) in [6.45, 7) is 13.5. The van der Waals surface area contributed by atoms with Gasteiger partial charge in [0, 0.05) is 33.5 Å². The van der Waals surface area contributed by atoms with Crippen molar-refractivity contribution >= 4 is 98.8 Å². The van der Waals surface area contributed by atoms with Crippen molar-refractivity contribution in [2.75, 3.05) is 9.80 Å². The van der Waals surface area contributed by atoms with Crippen LogP contribution in [-0.2, 0) is 0 Å². The summed E-state index contributed by atoms with van der Waals surface area (Å²) < 4.78 is 6.32. The molecule has 3 atom stereocenters. The number of ether oxygens (including phenoxy) is 1. The summed E-state index contributed by atoms with van der Waals surface area (Å²) in [5, 5.41) is 15.2. The number of anilines is 6. The van der Waals surface area contributed by atoms with Crippen LogP contribution in [0.25, 0.3) is 86.9 Å². The number of rotatable bonds is 15. The highest BCUT2D eigenvalue weighted by Gasteiger charge is 2.30. The van der Waals surface area contributed by atoms with Gasteiger partial charge in [-0.25, -0.2) is 0 Å². The Labute approximate surface area is 453 Å². The monoisotopic (exact) mass is 997 g/mol. The SMILES string of the molecule is CCC(C)Oc1ccc(N(c2ccc(C(C)CC)cc2)c2ccc3c4c(-c5ccccc5)c5c6ccc(N(c7ccccc7)c7ccc(C(C)CC)cc7)c7cccc(c5c(-c5ccccc5)c4c4cccc2c43)c76)cc1. The van der Waals surface area contributed by atoms with Gasteiger partial charge in [0.25, 0.3) is 0 Å². The van der Waals surface area contributed by atoms with E-state index < -0.39 is 0 Å². The molecule has 0 saturated carbocycles. The number of para-hydroxylation sites is 1. The Hall–Kier alpha value is -8.66. The summed E-state index contributed by atoms with van der Waals surface area (Å²) in [4.78, 5) is 4.90. The highest BCUT2D eigenvalue weighted by atomic mass is 16.5. The van der Waals surface area contributed by atoms with Gasteiger partial charge in [-0.05, 0) is 198 Å². The molecule has 0 aliphatic carbocycles. The number of benzene rings is 11. The van der Waals surface area contributed by atoms with Crippen LogP contribution in [0.3, 0.4) is 0 Å². The maximum atomic E-state index is 6.32. The third-order valence-corrected chi connectivity index (χ3v) is 16.9. The second-order valence-corrected chi connectivity index (χ2v) is 21.3. The van der Waals surface area contributed by atoms with Crippen molar-refractivity contribution in [3.05, 3.63) is 236 Å². The molecule has 0 fully saturated rings. The van der Waals surface area contributed by atoms with Crippen LogP contribution in [0.2, 0.25) is 0 Å². The number of hydrogen-bond acceptors (Lipinski definition) is 3. The highest BCUT2D eigenvalue weighted by Crippen LogP contribution is 2.58. The average molecular weight is 997 g/mol. The molecule has 0 N–H and O–H groups in total. The van der Waals surface area contributed by atoms with Crippen LogP contribution in [0, 0.1) is 0 Å². The molecule has 0 aromatic heterocycles. The number of fused-ring (bicyclic) bond motifs is 6. The maximum Gasteiger partial charge on any atom is 0.119 e. The molecule has 0 aliphatic rings. The molecule has 13 aromatic rings. The van der Waals surface area contributed by atoms with Gasteiger partial charge in [0.2, 0.25) is 0 Å². The normalized spacial score (nSPS) is 13.1. The number of hydrogen-bond donors (Lipinski definition) is 0. The van der Waals surface area contributed by atoms with Crippen molar-refractivity contribution < 1.29 is 4.74 Å². The minimum Gasteiger partial charge on any atom is -0.491 e. The quantitative estimate of drug-likeness (QED) is 0.102. The molecule has 0 bridgehead atoms. The Morgan fingerprint density at radius 2 is 0.662 bits per heavy atom. The van der Waals surface area contributed by atoms with E-state index in [1.165, 1.54) is 98.0 Å². The van der Waals surface area contributed by atoms with E-state index in [1.54, 1.807) is 0 Å². The summed E-state index contributed by atoms with van der Waals surface area (Å²) in [6, 6.07) is 84.1. The van der Waals surface area contributed by atoms with E-state index in [0.717, 1.165) is 59.1 Å². The van der Waals surface area contributed by atoms with Crippen LogP contribution in [0.5, 0.6) is 5.75 Å². The standard InChI is InChI=1S/C74H64N2O/c1-7-47(4)50-31-35-55(36-32-50)75(54-25-17-12-18-26-54)65-45-43-63-69-59(65)27-19-29-61(69)71-67(52-21-13-10-14-22-52)72-62-30-20-28-60-66(46-44-64(70(60)62)74(72)68(73(63)71)53-23-15-11-16-24-53)76(56-37-33-51(34-38-56)48(5)8-2)57-39-41-58(42-40-57)77-49(6)9-3/h10-49H,7-9H2,1-6H3. The Balaban J connectivity index is 1.12. The van der Waals surface area contributed by atoms with Gasteiger partial charge in [0.15, 0.2) is 0 Å². The van der Waals surface area contributed by atoms with Gasteiger partial charge in [0.05, 0.1) is 17.5 Å². The Morgan fingerprint density at radius 3 is 1.05 bits per heavy atom. The van der Waals surface area contributed by atoms with E-state index in [1.807, 2.05) is 0 Å². The predicted octanol–water partition coefficient (Wildman–Crippen LogP) is 22.0. The third-order valence-electron chi connectivity index (χ3n) is 16.9. The largest absolute Gasteiger partial charge is 0.491 e. The van der Waals surface area contributed by atoms with Gasteiger partial charge in [-0.1, -0.05) is 186 Å². The first-order valence-corrected chi connectivity index (χ1v) is 27.9. The van der Waals surface area contributed by atoms with Gasteiger partial charge >= 0.3 is 0 Å². The van der Waals surface area contributed by atoms with Crippen LogP contribution in [-0.4, -0.2) is 6.10 Å². The van der Waals surface area contributed by atoms with E-state index in [4.69, 9.17) is 4.74 Å². The zero-order valence-electron chi connectivity index (χ0n) is 45.0. The summed E-state index contributed by atoms with van der Waals surface area (Å²) in [5.41, 5.74) is 14.5. The molecule has 0 radical (unpaired) electrons. The van der Waals surface area contributed by atoms with Gasteiger partial charge in [0.1, 0.15) is 5.75 Å². The smallest absolute Gasteiger partial charge is 0.119 e. The average Bonchev–Trinajstić information content (AvgIpc) is 4.21. The molecule has 3 unspecified atom stereocenters. The van der Waals surface area contributed by atoms with Crippen LogP contribution in [0.15, 0.2) is 224 Å². The number of nitrogens with zero attached hydrogens (tertiary/aromatic N) is 2. The predicted molar refractivity (Wildman–Crippen MR) is 332 cm³/mol. The van der Waals surface area contributed by atoms with Crippen molar-refractivity contribution in [1.29, 1.82) is 0 Å². The molecule has 13 aromatic carbocycles. The van der Waals surface area contributed by atoms with E-state index in [-0.39, 0.29) is 6.10 Å². The molecule has 3 nitrogen and oxygen atoms in total. The summed E-state index contributed by atoms with van der Waals surface area (Å²) in [5.74, 6) is 1.86. The molecule has 0 aliphatic heterocycles. The van der Waals surface area contributed by atoms with Gasteiger partial charge < -0.3 is 14.5 Å². The topological polar surface area (TPSA) is 15.7 Å². The van der Waals surface area contributed by atoms with Crippen LogP contribution < -0.4 is 14.5 Å². The lowest BCUT2D eigenvalue weighted by Gasteiger charge is -2.28. The van der Waals surface area contributed by atoms with Gasteiger partial charge in [-0.15, -0.1) is 0 Å². The molecule has 376 valence electrons. The molecule has 13 rings (SSSR count). The lowest BCUT2D eigenvalue weighted by Crippen LogP contribution is -2.12. The van der Waals surface area contributed by atoms with E-state index in [2.05, 4.69) is 276 Å². The Kier molecular flexibility index (Phi) is 12.3. The van der Waals surface area contributed by atoms with E-state index in [9.17, 15) is 0 Å². The molecular formula is C74H64N2O. The van der Waals surface area contributed by atoms with Gasteiger partial charge in [-0.2, -0.15) is 0 Å². The minimum absolute atomic E-state index is 0.137. The molecule has 0 heterocycles. The summed E-state index contributed by atoms with van der Waals surface area (Å²) in [7, 11) is 0. The molecule has 0 amide bonds. The van der Waals surface area contributed by atoms with E-state index >= 15 is 0 Å². The first-order valence-electron chi connectivity index (χ1n) is 27.9. The van der Waals surface area contributed by atoms with Crippen molar-refractivity contribution in [2.45, 2.75) is 78.7 Å². The minimum atomic E-state index is 0.137. The second kappa shape index (κ2) is 19.8. The van der Waals surface area contributed by atoms with Crippen LogP contribution >= 0.6 is 0 Å². The fourth-order valence-corrected chi connectivity index (χ4v) is 12.4. The van der Waals surface area contributed by atoms with Crippen molar-refractivity contribution in [1.82, 2.24) is 0 Å². The Bertz CT molecular complexity index is 4110. The van der Waals surface area contributed by atoms with Gasteiger partial charge in [-0.3, -0.25) is 0 Å².